The minimum atomic E-state index is 0.591. The third-order valence-electron chi connectivity index (χ3n) is 2.91. The van der Waals surface area contributed by atoms with E-state index in [1.54, 1.807) is 18.0 Å². The summed E-state index contributed by atoms with van der Waals surface area (Å²) < 4.78 is 0.980. The molecular weight excluding hydrogens is 334 g/mol. The first-order chi connectivity index (χ1) is 9.72. The molecule has 0 radical (unpaired) electrons. The Bertz CT molecular complexity index is 744. The molecule has 1 aromatic carbocycles. The van der Waals surface area contributed by atoms with Crippen LogP contribution in [0.5, 0.6) is 0 Å². The number of rotatable bonds is 3. The molecule has 0 atom stereocenters. The van der Waals surface area contributed by atoms with Crippen LogP contribution in [0.1, 0.15) is 5.56 Å². The van der Waals surface area contributed by atoms with Crippen molar-refractivity contribution in [2.45, 2.75) is 10.8 Å². The van der Waals surface area contributed by atoms with E-state index in [0.717, 1.165) is 31.7 Å². The topological polar surface area (TPSA) is 51.8 Å². The first-order valence-corrected chi connectivity index (χ1v) is 7.89. The SMILES string of the molecule is Nc1nc2ccccc2cc1CSc1ccc(Br)cn1. The van der Waals surface area contributed by atoms with E-state index in [-0.39, 0.29) is 0 Å². The van der Waals surface area contributed by atoms with Crippen LogP contribution >= 0.6 is 27.7 Å². The van der Waals surface area contributed by atoms with Gasteiger partial charge in [0.15, 0.2) is 0 Å². The fraction of sp³-hybridized carbons (Fsp3) is 0.0667. The van der Waals surface area contributed by atoms with Crippen LogP contribution in [0.3, 0.4) is 0 Å². The second kappa shape index (κ2) is 5.81. The van der Waals surface area contributed by atoms with E-state index >= 15 is 0 Å². The van der Waals surface area contributed by atoms with Crippen molar-refractivity contribution in [2.75, 3.05) is 5.73 Å². The summed E-state index contributed by atoms with van der Waals surface area (Å²) >= 11 is 5.03. The fourth-order valence-electron chi connectivity index (χ4n) is 1.89. The Labute approximate surface area is 129 Å². The number of benzene rings is 1. The average Bonchev–Trinajstić information content (AvgIpc) is 2.47. The van der Waals surface area contributed by atoms with Gasteiger partial charge < -0.3 is 5.73 Å². The number of aromatic nitrogens is 2. The van der Waals surface area contributed by atoms with Crippen LogP contribution in [-0.4, -0.2) is 9.97 Å². The van der Waals surface area contributed by atoms with Gasteiger partial charge in [0.1, 0.15) is 5.82 Å². The van der Waals surface area contributed by atoms with Gasteiger partial charge in [-0.25, -0.2) is 9.97 Å². The molecular formula is C15H12BrN3S. The molecule has 2 aromatic heterocycles. The molecule has 3 aromatic rings. The first-order valence-electron chi connectivity index (χ1n) is 6.11. The van der Waals surface area contributed by atoms with Crippen LogP contribution in [0.2, 0.25) is 0 Å². The predicted octanol–water partition coefficient (Wildman–Crippen LogP) is 4.27. The number of pyridine rings is 2. The van der Waals surface area contributed by atoms with Crippen LogP contribution in [-0.2, 0) is 5.75 Å². The number of nitrogens with zero attached hydrogens (tertiary/aromatic N) is 2. The summed E-state index contributed by atoms with van der Waals surface area (Å²) in [6.45, 7) is 0. The summed E-state index contributed by atoms with van der Waals surface area (Å²) in [6.07, 6.45) is 1.80. The van der Waals surface area contributed by atoms with Gasteiger partial charge in [-0.05, 0) is 40.2 Å². The maximum Gasteiger partial charge on any atom is 0.128 e. The zero-order valence-electron chi connectivity index (χ0n) is 10.6. The van der Waals surface area contributed by atoms with Crippen molar-refractivity contribution >= 4 is 44.4 Å². The highest BCUT2D eigenvalue weighted by atomic mass is 79.9. The number of nitrogen functional groups attached to an aromatic ring is 1. The normalized spacial score (nSPS) is 10.8. The molecule has 0 fully saturated rings. The fourth-order valence-corrected chi connectivity index (χ4v) is 2.95. The zero-order valence-corrected chi connectivity index (χ0v) is 13.0. The van der Waals surface area contributed by atoms with Gasteiger partial charge in [0.25, 0.3) is 0 Å². The Balaban J connectivity index is 1.83. The second-order valence-electron chi connectivity index (χ2n) is 4.33. The second-order valence-corrected chi connectivity index (χ2v) is 6.24. The molecule has 0 aliphatic carbocycles. The quantitative estimate of drug-likeness (QED) is 0.720. The largest absolute Gasteiger partial charge is 0.383 e. The number of para-hydroxylation sites is 1. The van der Waals surface area contributed by atoms with E-state index in [4.69, 9.17) is 5.73 Å². The highest BCUT2D eigenvalue weighted by molar-refractivity contribution is 9.10. The van der Waals surface area contributed by atoms with Gasteiger partial charge >= 0.3 is 0 Å². The number of thioether (sulfide) groups is 1. The van der Waals surface area contributed by atoms with Gasteiger partial charge in [0.2, 0.25) is 0 Å². The lowest BCUT2D eigenvalue weighted by molar-refractivity contribution is 1.12. The molecule has 2 heterocycles. The summed E-state index contributed by atoms with van der Waals surface area (Å²) in [4.78, 5) is 8.78. The predicted molar refractivity (Wildman–Crippen MR) is 87.7 cm³/mol. The molecule has 0 saturated carbocycles. The van der Waals surface area contributed by atoms with Crippen molar-refractivity contribution in [3.8, 4) is 0 Å². The van der Waals surface area contributed by atoms with E-state index in [9.17, 15) is 0 Å². The number of nitrogens with two attached hydrogens (primary N) is 1. The molecule has 3 nitrogen and oxygen atoms in total. The standard InChI is InChI=1S/C15H12BrN3S/c16-12-5-6-14(18-8-12)20-9-11-7-10-3-1-2-4-13(10)19-15(11)17/h1-8H,9H2,(H2,17,19). The van der Waals surface area contributed by atoms with Crippen LogP contribution in [0.15, 0.2) is 58.2 Å². The van der Waals surface area contributed by atoms with Gasteiger partial charge in [0.05, 0.1) is 10.5 Å². The van der Waals surface area contributed by atoms with Crippen molar-refractivity contribution in [3.63, 3.8) is 0 Å². The summed E-state index contributed by atoms with van der Waals surface area (Å²) in [5.74, 6) is 1.35. The van der Waals surface area contributed by atoms with E-state index in [1.807, 2.05) is 36.4 Å². The van der Waals surface area contributed by atoms with Crippen LogP contribution in [0.25, 0.3) is 10.9 Å². The van der Waals surface area contributed by atoms with Crippen molar-refractivity contribution in [2.24, 2.45) is 0 Å². The van der Waals surface area contributed by atoms with Crippen LogP contribution in [0, 0.1) is 0 Å². The molecule has 0 bridgehead atoms. The van der Waals surface area contributed by atoms with Gasteiger partial charge in [0, 0.05) is 27.4 Å². The lowest BCUT2D eigenvalue weighted by atomic mass is 10.1. The Morgan fingerprint density at radius 1 is 1.15 bits per heavy atom. The molecule has 100 valence electrons. The maximum absolute atomic E-state index is 6.02. The van der Waals surface area contributed by atoms with Gasteiger partial charge in [-0.15, -0.1) is 11.8 Å². The third-order valence-corrected chi connectivity index (χ3v) is 4.37. The number of fused-ring (bicyclic) bond motifs is 1. The van der Waals surface area contributed by atoms with E-state index in [0.29, 0.717) is 5.82 Å². The molecule has 0 unspecified atom stereocenters. The highest BCUT2D eigenvalue weighted by Gasteiger charge is 2.05. The molecule has 0 amide bonds. The molecule has 0 aliphatic heterocycles. The molecule has 20 heavy (non-hydrogen) atoms. The minimum Gasteiger partial charge on any atom is -0.383 e. The molecule has 0 spiro atoms. The van der Waals surface area contributed by atoms with Crippen molar-refractivity contribution in [1.82, 2.24) is 9.97 Å². The van der Waals surface area contributed by atoms with E-state index in [2.05, 4.69) is 32.0 Å². The molecule has 0 saturated heterocycles. The summed E-state index contributed by atoms with van der Waals surface area (Å²) in [6, 6.07) is 14.1. The van der Waals surface area contributed by atoms with E-state index < -0.39 is 0 Å². The smallest absolute Gasteiger partial charge is 0.128 e. The Morgan fingerprint density at radius 3 is 2.80 bits per heavy atom. The number of anilines is 1. The summed E-state index contributed by atoms with van der Waals surface area (Å²) in [5, 5.41) is 2.09. The van der Waals surface area contributed by atoms with Crippen molar-refractivity contribution in [1.29, 1.82) is 0 Å². The highest BCUT2D eigenvalue weighted by Crippen LogP contribution is 2.26. The lowest BCUT2D eigenvalue weighted by Crippen LogP contribution is -1.97. The molecule has 5 heteroatoms. The zero-order chi connectivity index (χ0) is 13.9. The Kier molecular flexibility index (Phi) is 3.89. The Morgan fingerprint density at radius 2 is 2.00 bits per heavy atom. The first kappa shape index (κ1) is 13.4. The van der Waals surface area contributed by atoms with Gasteiger partial charge in [-0.3, -0.25) is 0 Å². The maximum atomic E-state index is 6.02. The number of halogens is 1. The van der Waals surface area contributed by atoms with Crippen molar-refractivity contribution < 1.29 is 0 Å². The van der Waals surface area contributed by atoms with Gasteiger partial charge in [-0.2, -0.15) is 0 Å². The molecule has 2 N–H and O–H groups in total. The average molecular weight is 346 g/mol. The monoisotopic (exact) mass is 345 g/mol. The lowest BCUT2D eigenvalue weighted by Gasteiger charge is -2.07. The number of hydrogen-bond donors (Lipinski definition) is 1. The van der Waals surface area contributed by atoms with Crippen molar-refractivity contribution in [3.05, 3.63) is 58.7 Å². The number of hydrogen-bond acceptors (Lipinski definition) is 4. The third kappa shape index (κ3) is 2.94. The van der Waals surface area contributed by atoms with Crippen LogP contribution in [0.4, 0.5) is 5.82 Å². The summed E-state index contributed by atoms with van der Waals surface area (Å²) in [5.41, 5.74) is 7.99. The van der Waals surface area contributed by atoms with Crippen LogP contribution < -0.4 is 5.73 Å². The Hall–Kier alpha value is -1.59. The van der Waals surface area contributed by atoms with Gasteiger partial charge in [-0.1, -0.05) is 18.2 Å². The minimum absolute atomic E-state index is 0.591. The summed E-state index contributed by atoms with van der Waals surface area (Å²) in [7, 11) is 0. The van der Waals surface area contributed by atoms with E-state index in [1.165, 1.54) is 0 Å². The molecule has 0 aliphatic rings. The molecule has 3 rings (SSSR count).